The highest BCUT2D eigenvalue weighted by Gasteiger charge is 2.23. The van der Waals surface area contributed by atoms with Crippen LogP contribution in [0.15, 0.2) is 84.9 Å². The molecule has 3 aromatic carbocycles. The number of hydrogen-bond acceptors (Lipinski definition) is 2. The largest absolute Gasteiger partial charge is 0.325 e. The molecule has 0 bridgehead atoms. The van der Waals surface area contributed by atoms with Gasteiger partial charge in [-0.25, -0.2) is 4.79 Å². The summed E-state index contributed by atoms with van der Waals surface area (Å²) in [5, 5.41) is 5.94. The summed E-state index contributed by atoms with van der Waals surface area (Å²) in [5.41, 5.74) is 3.18. The summed E-state index contributed by atoms with van der Waals surface area (Å²) < 4.78 is 0. The van der Waals surface area contributed by atoms with E-state index < -0.39 is 5.92 Å². The number of amides is 3. The van der Waals surface area contributed by atoms with E-state index in [0.29, 0.717) is 11.4 Å². The minimum absolute atomic E-state index is 0.0950. The zero-order chi connectivity index (χ0) is 20.8. The van der Waals surface area contributed by atoms with Gasteiger partial charge >= 0.3 is 6.03 Å². The normalized spacial score (nSPS) is 13.3. The van der Waals surface area contributed by atoms with Crippen LogP contribution in [-0.4, -0.2) is 29.9 Å². The maximum Gasteiger partial charge on any atom is 0.321 e. The maximum absolute atomic E-state index is 13.2. The van der Waals surface area contributed by atoms with Gasteiger partial charge in [0.2, 0.25) is 5.91 Å². The van der Waals surface area contributed by atoms with Crippen molar-refractivity contribution in [1.29, 1.82) is 0 Å². The zero-order valence-corrected chi connectivity index (χ0v) is 16.8. The van der Waals surface area contributed by atoms with Gasteiger partial charge in [-0.15, -0.1) is 0 Å². The fourth-order valence-electron chi connectivity index (χ4n) is 3.80. The van der Waals surface area contributed by atoms with E-state index in [4.69, 9.17) is 0 Å². The van der Waals surface area contributed by atoms with Crippen molar-refractivity contribution in [1.82, 2.24) is 4.90 Å². The Balaban J connectivity index is 1.52. The third-order valence-electron chi connectivity index (χ3n) is 5.30. The van der Waals surface area contributed by atoms with Crippen molar-refractivity contribution in [2.45, 2.75) is 18.8 Å². The van der Waals surface area contributed by atoms with Gasteiger partial charge in [0.1, 0.15) is 0 Å². The molecule has 152 valence electrons. The van der Waals surface area contributed by atoms with Crippen LogP contribution >= 0.6 is 0 Å². The van der Waals surface area contributed by atoms with Gasteiger partial charge < -0.3 is 15.5 Å². The Morgan fingerprint density at radius 2 is 1.23 bits per heavy atom. The Morgan fingerprint density at radius 1 is 0.700 bits per heavy atom. The van der Waals surface area contributed by atoms with E-state index in [9.17, 15) is 9.59 Å². The molecule has 1 aliphatic heterocycles. The van der Waals surface area contributed by atoms with Gasteiger partial charge in [-0.3, -0.25) is 4.79 Å². The van der Waals surface area contributed by atoms with Crippen molar-refractivity contribution in [2.75, 3.05) is 23.7 Å². The van der Waals surface area contributed by atoms with Gasteiger partial charge in [0.05, 0.1) is 5.92 Å². The average Bonchev–Trinajstić information content (AvgIpc) is 3.31. The molecule has 1 saturated heterocycles. The van der Waals surface area contributed by atoms with E-state index in [0.717, 1.165) is 37.1 Å². The van der Waals surface area contributed by atoms with Gasteiger partial charge in [-0.05, 0) is 42.2 Å². The molecule has 0 spiro atoms. The van der Waals surface area contributed by atoms with E-state index in [1.54, 1.807) is 6.07 Å². The van der Waals surface area contributed by atoms with E-state index >= 15 is 0 Å². The fourth-order valence-corrected chi connectivity index (χ4v) is 3.80. The maximum atomic E-state index is 13.2. The topological polar surface area (TPSA) is 61.4 Å². The summed E-state index contributed by atoms with van der Waals surface area (Å²) in [6.45, 7) is 1.58. The molecule has 0 radical (unpaired) electrons. The number of hydrogen-bond donors (Lipinski definition) is 2. The predicted molar refractivity (Wildman–Crippen MR) is 120 cm³/mol. The molecular formula is C25H25N3O2. The first kappa shape index (κ1) is 19.7. The molecule has 5 heteroatoms. The minimum atomic E-state index is -0.421. The Labute approximate surface area is 176 Å². The Kier molecular flexibility index (Phi) is 6.09. The Bertz CT molecular complexity index is 960. The fraction of sp³-hybridized carbons (Fsp3) is 0.200. The average molecular weight is 399 g/mol. The predicted octanol–water partition coefficient (Wildman–Crippen LogP) is 5.08. The van der Waals surface area contributed by atoms with E-state index in [-0.39, 0.29) is 11.9 Å². The third-order valence-corrected chi connectivity index (χ3v) is 5.30. The van der Waals surface area contributed by atoms with Crippen LogP contribution in [0.1, 0.15) is 29.9 Å². The van der Waals surface area contributed by atoms with Crippen LogP contribution in [0.25, 0.3) is 0 Å². The first-order chi connectivity index (χ1) is 14.7. The lowest BCUT2D eigenvalue weighted by atomic mass is 9.90. The molecule has 3 amide bonds. The van der Waals surface area contributed by atoms with Crippen molar-refractivity contribution in [3.63, 3.8) is 0 Å². The van der Waals surface area contributed by atoms with Crippen LogP contribution in [0.4, 0.5) is 16.2 Å². The summed E-state index contributed by atoms with van der Waals surface area (Å²) in [6, 6.07) is 26.7. The highest BCUT2D eigenvalue weighted by atomic mass is 16.2. The third kappa shape index (κ3) is 4.69. The summed E-state index contributed by atoms with van der Waals surface area (Å²) in [4.78, 5) is 27.4. The molecule has 0 atom stereocenters. The highest BCUT2D eigenvalue weighted by molar-refractivity contribution is 5.99. The summed E-state index contributed by atoms with van der Waals surface area (Å²) in [7, 11) is 0. The number of benzene rings is 3. The van der Waals surface area contributed by atoms with Crippen LogP contribution < -0.4 is 10.6 Å². The van der Waals surface area contributed by atoms with Crippen molar-refractivity contribution >= 4 is 23.3 Å². The van der Waals surface area contributed by atoms with E-state index in [1.807, 2.05) is 83.8 Å². The zero-order valence-electron chi connectivity index (χ0n) is 16.8. The van der Waals surface area contributed by atoms with Crippen molar-refractivity contribution in [3.05, 3.63) is 96.1 Å². The van der Waals surface area contributed by atoms with Crippen LogP contribution in [0.3, 0.4) is 0 Å². The number of nitrogens with zero attached hydrogens (tertiary/aromatic N) is 1. The van der Waals surface area contributed by atoms with Gasteiger partial charge in [0.25, 0.3) is 0 Å². The number of carbonyl (C=O) groups is 2. The molecule has 30 heavy (non-hydrogen) atoms. The lowest BCUT2D eigenvalue weighted by Crippen LogP contribution is -2.32. The molecule has 1 heterocycles. The van der Waals surface area contributed by atoms with Gasteiger partial charge in [0.15, 0.2) is 0 Å². The Hall–Kier alpha value is -3.60. The monoisotopic (exact) mass is 399 g/mol. The minimum Gasteiger partial charge on any atom is -0.325 e. The summed E-state index contributed by atoms with van der Waals surface area (Å²) >= 11 is 0. The Morgan fingerprint density at radius 3 is 1.80 bits per heavy atom. The molecule has 0 saturated carbocycles. The first-order valence-corrected chi connectivity index (χ1v) is 10.3. The SMILES string of the molecule is O=C(Nc1cccc(NC(=O)N2CCCC2)c1)C(c1ccccc1)c1ccccc1. The molecule has 0 aromatic heterocycles. The van der Waals surface area contributed by atoms with E-state index in [2.05, 4.69) is 10.6 Å². The second-order valence-electron chi connectivity index (χ2n) is 7.45. The number of urea groups is 1. The quantitative estimate of drug-likeness (QED) is 0.628. The number of likely N-dealkylation sites (tertiary alicyclic amines) is 1. The molecule has 1 aliphatic rings. The second kappa shape index (κ2) is 9.27. The van der Waals surface area contributed by atoms with Crippen LogP contribution in [-0.2, 0) is 4.79 Å². The van der Waals surface area contributed by atoms with Gasteiger partial charge in [0, 0.05) is 24.5 Å². The lowest BCUT2D eigenvalue weighted by Gasteiger charge is -2.19. The number of anilines is 2. The highest BCUT2D eigenvalue weighted by Crippen LogP contribution is 2.27. The second-order valence-corrected chi connectivity index (χ2v) is 7.45. The number of rotatable bonds is 5. The lowest BCUT2D eigenvalue weighted by molar-refractivity contribution is -0.116. The van der Waals surface area contributed by atoms with E-state index in [1.165, 1.54) is 0 Å². The molecule has 3 aromatic rings. The molecule has 5 nitrogen and oxygen atoms in total. The van der Waals surface area contributed by atoms with Crippen LogP contribution in [0.5, 0.6) is 0 Å². The number of carbonyl (C=O) groups excluding carboxylic acids is 2. The smallest absolute Gasteiger partial charge is 0.321 e. The standard InChI is InChI=1S/C25H25N3O2/c29-24(23(19-10-3-1-4-11-19)20-12-5-2-6-13-20)26-21-14-9-15-22(18-21)27-25(30)28-16-7-8-17-28/h1-6,9-15,18,23H,7-8,16-17H2,(H,26,29)(H,27,30). The van der Waals surface area contributed by atoms with Crippen LogP contribution in [0, 0.1) is 0 Å². The first-order valence-electron chi connectivity index (χ1n) is 10.3. The molecule has 1 fully saturated rings. The molecular weight excluding hydrogens is 374 g/mol. The molecule has 0 unspecified atom stereocenters. The van der Waals surface area contributed by atoms with Crippen LogP contribution in [0.2, 0.25) is 0 Å². The van der Waals surface area contributed by atoms with Gasteiger partial charge in [-0.1, -0.05) is 66.7 Å². The number of nitrogens with one attached hydrogen (secondary N) is 2. The molecule has 2 N–H and O–H groups in total. The van der Waals surface area contributed by atoms with Crippen molar-refractivity contribution < 1.29 is 9.59 Å². The summed E-state index contributed by atoms with van der Waals surface area (Å²) in [5.74, 6) is -0.536. The molecule has 4 rings (SSSR count). The van der Waals surface area contributed by atoms with Crippen molar-refractivity contribution in [3.8, 4) is 0 Å². The molecule has 0 aliphatic carbocycles. The van der Waals surface area contributed by atoms with Gasteiger partial charge in [-0.2, -0.15) is 0 Å². The van der Waals surface area contributed by atoms with Crippen molar-refractivity contribution in [2.24, 2.45) is 0 Å². The summed E-state index contributed by atoms with van der Waals surface area (Å²) in [6.07, 6.45) is 2.09.